The van der Waals surface area contributed by atoms with Crippen LogP contribution >= 0.6 is 0 Å². The molecule has 0 bridgehead atoms. The first kappa shape index (κ1) is 21.4. The van der Waals surface area contributed by atoms with Crippen LogP contribution in [0.25, 0.3) is 5.69 Å². The molecule has 158 valence electrons. The van der Waals surface area contributed by atoms with Crippen molar-refractivity contribution in [3.63, 3.8) is 0 Å². The van der Waals surface area contributed by atoms with Gasteiger partial charge in [-0.25, -0.2) is 4.68 Å². The third-order valence-electron chi connectivity index (χ3n) is 4.95. The average Bonchev–Trinajstić information content (AvgIpc) is 3.32. The lowest BCUT2D eigenvalue weighted by atomic mass is 10.0. The lowest BCUT2D eigenvalue weighted by Crippen LogP contribution is -2.38. The molecule has 1 aromatic heterocycles. The van der Waals surface area contributed by atoms with Crippen LogP contribution in [0.1, 0.15) is 30.9 Å². The van der Waals surface area contributed by atoms with E-state index >= 15 is 0 Å². The highest BCUT2D eigenvalue weighted by Crippen LogP contribution is 2.26. The molecule has 0 aliphatic heterocycles. The Bertz CT molecular complexity index is 919. The van der Waals surface area contributed by atoms with Crippen molar-refractivity contribution in [1.29, 1.82) is 0 Å². The molecule has 30 heavy (non-hydrogen) atoms. The summed E-state index contributed by atoms with van der Waals surface area (Å²) in [5, 5.41) is 11.0. The van der Waals surface area contributed by atoms with Gasteiger partial charge in [0.25, 0.3) is 0 Å². The largest absolute Gasteiger partial charge is 0.496 e. The Morgan fingerprint density at radius 3 is 2.60 bits per heavy atom. The second kappa shape index (κ2) is 11.0. The van der Waals surface area contributed by atoms with Crippen LogP contribution in [0, 0.1) is 0 Å². The standard InChI is InChI=1S/C24H31N5O/c1-4-25-24(27-18-19(2)22-8-5-6-9-23(22)30-3)26-16-14-20-10-12-21(13-11-20)29-17-7-15-28-29/h5-13,15,17,19H,4,14,16,18H2,1-3H3,(H2,25,26,27). The van der Waals surface area contributed by atoms with Crippen molar-refractivity contribution < 1.29 is 4.74 Å². The van der Waals surface area contributed by atoms with Crippen LogP contribution in [0.4, 0.5) is 0 Å². The molecule has 0 aliphatic carbocycles. The molecule has 1 heterocycles. The Kier molecular flexibility index (Phi) is 7.89. The zero-order chi connectivity index (χ0) is 21.2. The molecule has 2 N–H and O–H groups in total. The number of hydrogen-bond acceptors (Lipinski definition) is 3. The normalized spacial score (nSPS) is 12.4. The van der Waals surface area contributed by atoms with Crippen molar-refractivity contribution in [2.75, 3.05) is 26.7 Å². The Balaban J connectivity index is 1.53. The van der Waals surface area contributed by atoms with E-state index in [4.69, 9.17) is 9.73 Å². The van der Waals surface area contributed by atoms with Crippen LogP contribution in [-0.2, 0) is 6.42 Å². The maximum absolute atomic E-state index is 5.48. The second-order valence-corrected chi connectivity index (χ2v) is 7.16. The summed E-state index contributed by atoms with van der Waals surface area (Å²) >= 11 is 0. The Hall–Kier alpha value is -3.28. The molecule has 0 spiro atoms. The lowest BCUT2D eigenvalue weighted by molar-refractivity contribution is 0.407. The minimum absolute atomic E-state index is 0.270. The fourth-order valence-electron chi connectivity index (χ4n) is 3.30. The van der Waals surface area contributed by atoms with E-state index in [2.05, 4.69) is 59.9 Å². The van der Waals surface area contributed by atoms with E-state index in [1.807, 2.05) is 35.1 Å². The maximum atomic E-state index is 5.48. The number of hydrogen-bond donors (Lipinski definition) is 2. The Morgan fingerprint density at radius 1 is 1.10 bits per heavy atom. The van der Waals surface area contributed by atoms with Crippen molar-refractivity contribution in [2.45, 2.75) is 26.2 Å². The van der Waals surface area contributed by atoms with Gasteiger partial charge in [-0.05, 0) is 48.7 Å². The summed E-state index contributed by atoms with van der Waals surface area (Å²) in [7, 11) is 1.71. The molecule has 0 radical (unpaired) electrons. The molecule has 0 fully saturated rings. The number of rotatable bonds is 9. The van der Waals surface area contributed by atoms with Crippen molar-refractivity contribution in [2.24, 2.45) is 4.99 Å². The summed E-state index contributed by atoms with van der Waals surface area (Å²) < 4.78 is 7.34. The fourth-order valence-corrected chi connectivity index (χ4v) is 3.30. The molecule has 1 atom stereocenters. The molecule has 0 amide bonds. The van der Waals surface area contributed by atoms with Crippen molar-refractivity contribution in [3.8, 4) is 11.4 Å². The first-order chi connectivity index (χ1) is 14.7. The van der Waals surface area contributed by atoms with Gasteiger partial charge in [0, 0.05) is 37.9 Å². The van der Waals surface area contributed by atoms with Crippen LogP contribution in [0.3, 0.4) is 0 Å². The van der Waals surface area contributed by atoms with Gasteiger partial charge < -0.3 is 15.4 Å². The molecule has 3 aromatic rings. The van der Waals surface area contributed by atoms with Crippen molar-refractivity contribution in [3.05, 3.63) is 78.1 Å². The Labute approximate surface area is 179 Å². The summed E-state index contributed by atoms with van der Waals surface area (Å²) in [6.45, 7) is 6.58. The van der Waals surface area contributed by atoms with Crippen molar-refractivity contribution >= 4 is 5.96 Å². The molecular formula is C24H31N5O. The zero-order valence-electron chi connectivity index (χ0n) is 18.0. The number of ether oxygens (including phenoxy) is 1. The summed E-state index contributed by atoms with van der Waals surface area (Å²) in [4.78, 5) is 4.77. The monoisotopic (exact) mass is 405 g/mol. The average molecular weight is 406 g/mol. The maximum Gasteiger partial charge on any atom is 0.191 e. The molecule has 0 aliphatic rings. The van der Waals surface area contributed by atoms with Gasteiger partial charge in [0.05, 0.1) is 12.8 Å². The highest BCUT2D eigenvalue weighted by atomic mass is 16.5. The third-order valence-corrected chi connectivity index (χ3v) is 4.95. The predicted octanol–water partition coefficient (Wildman–Crippen LogP) is 3.78. The minimum Gasteiger partial charge on any atom is -0.496 e. The minimum atomic E-state index is 0.270. The van der Waals surface area contributed by atoms with Crippen LogP contribution < -0.4 is 15.4 Å². The molecule has 1 unspecified atom stereocenters. The molecular weight excluding hydrogens is 374 g/mol. The molecule has 0 saturated heterocycles. The third kappa shape index (κ3) is 5.86. The number of benzene rings is 2. The van der Waals surface area contributed by atoms with Gasteiger partial charge >= 0.3 is 0 Å². The van der Waals surface area contributed by atoms with Gasteiger partial charge in [-0.3, -0.25) is 4.99 Å². The second-order valence-electron chi connectivity index (χ2n) is 7.16. The van der Waals surface area contributed by atoms with E-state index in [0.717, 1.165) is 36.9 Å². The smallest absolute Gasteiger partial charge is 0.191 e. The molecule has 2 aromatic carbocycles. The first-order valence-corrected chi connectivity index (χ1v) is 10.4. The number of methoxy groups -OCH3 is 1. The van der Waals surface area contributed by atoms with Crippen LogP contribution in [0.15, 0.2) is 72.0 Å². The number of para-hydroxylation sites is 1. The number of aromatic nitrogens is 2. The summed E-state index contributed by atoms with van der Waals surface area (Å²) in [6, 6.07) is 18.5. The highest BCUT2D eigenvalue weighted by molar-refractivity contribution is 5.79. The number of guanidine groups is 1. The highest BCUT2D eigenvalue weighted by Gasteiger charge is 2.10. The fraction of sp³-hybridized carbons (Fsp3) is 0.333. The number of nitrogens with one attached hydrogen (secondary N) is 2. The topological polar surface area (TPSA) is 63.5 Å². The van der Waals surface area contributed by atoms with E-state index in [1.54, 1.807) is 13.3 Å². The summed E-state index contributed by atoms with van der Waals surface area (Å²) in [5.41, 5.74) is 3.52. The predicted molar refractivity (Wildman–Crippen MR) is 123 cm³/mol. The number of aliphatic imine (C=N–C) groups is 1. The van der Waals surface area contributed by atoms with Gasteiger partial charge in [0.2, 0.25) is 0 Å². The van der Waals surface area contributed by atoms with Gasteiger partial charge in [0.1, 0.15) is 5.75 Å². The summed E-state index contributed by atoms with van der Waals surface area (Å²) in [6.07, 6.45) is 4.65. The first-order valence-electron chi connectivity index (χ1n) is 10.4. The van der Waals surface area contributed by atoms with Gasteiger partial charge in [0.15, 0.2) is 5.96 Å². The number of nitrogens with zero attached hydrogens (tertiary/aromatic N) is 3. The van der Waals surface area contributed by atoms with E-state index in [9.17, 15) is 0 Å². The van der Waals surface area contributed by atoms with E-state index in [-0.39, 0.29) is 5.92 Å². The molecule has 3 rings (SSSR count). The van der Waals surface area contributed by atoms with Crippen LogP contribution in [0.5, 0.6) is 5.75 Å². The lowest BCUT2D eigenvalue weighted by Gasteiger charge is -2.16. The van der Waals surface area contributed by atoms with E-state index in [1.165, 1.54) is 11.1 Å². The molecule has 6 nitrogen and oxygen atoms in total. The van der Waals surface area contributed by atoms with E-state index in [0.29, 0.717) is 6.54 Å². The Morgan fingerprint density at radius 2 is 1.90 bits per heavy atom. The molecule has 6 heteroatoms. The zero-order valence-corrected chi connectivity index (χ0v) is 18.0. The van der Waals surface area contributed by atoms with E-state index < -0.39 is 0 Å². The SMILES string of the molecule is CCNC(=NCC(C)c1ccccc1OC)NCCc1ccc(-n2cccn2)cc1. The van der Waals surface area contributed by atoms with Crippen molar-refractivity contribution in [1.82, 2.24) is 20.4 Å². The van der Waals surface area contributed by atoms with Crippen LogP contribution in [-0.4, -0.2) is 42.5 Å². The summed E-state index contributed by atoms with van der Waals surface area (Å²) in [5.74, 6) is 2.02. The van der Waals surface area contributed by atoms with Gasteiger partial charge in [-0.2, -0.15) is 5.10 Å². The molecule has 0 saturated carbocycles. The van der Waals surface area contributed by atoms with Gasteiger partial charge in [-0.15, -0.1) is 0 Å². The van der Waals surface area contributed by atoms with Crippen LogP contribution in [0.2, 0.25) is 0 Å². The quantitative estimate of drug-likeness (QED) is 0.420. The van der Waals surface area contributed by atoms with Gasteiger partial charge in [-0.1, -0.05) is 37.3 Å².